The Morgan fingerprint density at radius 1 is 1.19 bits per heavy atom. The van der Waals surface area contributed by atoms with E-state index in [-0.39, 0.29) is 6.42 Å². The lowest BCUT2D eigenvalue weighted by Gasteiger charge is -2.14. The van der Waals surface area contributed by atoms with Gasteiger partial charge in [0.1, 0.15) is 5.82 Å². The van der Waals surface area contributed by atoms with Gasteiger partial charge < -0.3 is 10.1 Å². The highest BCUT2D eigenvalue weighted by Crippen LogP contribution is 2.17. The second-order valence-electron chi connectivity index (χ2n) is 5.99. The van der Waals surface area contributed by atoms with E-state index in [0.717, 1.165) is 17.0 Å². The zero-order chi connectivity index (χ0) is 20.0. The number of esters is 1. The monoisotopic (exact) mass is 391 g/mol. The van der Waals surface area contributed by atoms with Gasteiger partial charge in [-0.1, -0.05) is 11.8 Å². The van der Waals surface area contributed by atoms with Crippen LogP contribution in [-0.2, 0) is 20.7 Å². The molecular formula is C19H22FN3O3S. The summed E-state index contributed by atoms with van der Waals surface area (Å²) in [6.45, 7) is 5.26. The first-order chi connectivity index (χ1) is 12.8. The fraction of sp³-hybridized carbons (Fsp3) is 0.368. The molecule has 1 aromatic heterocycles. The van der Waals surface area contributed by atoms with E-state index in [1.807, 2.05) is 20.1 Å². The van der Waals surface area contributed by atoms with Crippen LogP contribution in [0.1, 0.15) is 30.3 Å². The summed E-state index contributed by atoms with van der Waals surface area (Å²) in [5, 5.41) is 3.27. The zero-order valence-electron chi connectivity index (χ0n) is 15.7. The zero-order valence-corrected chi connectivity index (χ0v) is 16.5. The highest BCUT2D eigenvalue weighted by Gasteiger charge is 2.19. The molecule has 0 aliphatic rings. The van der Waals surface area contributed by atoms with Crippen molar-refractivity contribution < 1.29 is 18.7 Å². The van der Waals surface area contributed by atoms with E-state index in [0.29, 0.717) is 17.3 Å². The smallest absolute Gasteiger partial charge is 0.306 e. The second-order valence-corrected chi connectivity index (χ2v) is 6.76. The summed E-state index contributed by atoms with van der Waals surface area (Å²) in [7, 11) is 0. The number of nitrogens with zero attached hydrogens (tertiary/aromatic N) is 2. The maximum Gasteiger partial charge on any atom is 0.306 e. The van der Waals surface area contributed by atoms with E-state index in [2.05, 4.69) is 15.3 Å². The standard InChI is InChI=1S/C19H22FN3O3S/c1-11-16(12(2)22-19(21-11)27-4)9-10-17(24)26-13(3)18(25)23-15-7-5-14(20)6-8-15/h5-8,13H,9-10H2,1-4H3,(H,23,25)/t13-/m0/s1. The van der Waals surface area contributed by atoms with Gasteiger partial charge in [-0.2, -0.15) is 0 Å². The molecule has 0 saturated heterocycles. The van der Waals surface area contributed by atoms with E-state index < -0.39 is 23.8 Å². The van der Waals surface area contributed by atoms with Crippen molar-refractivity contribution in [2.45, 2.75) is 44.9 Å². The molecule has 0 unspecified atom stereocenters. The Morgan fingerprint density at radius 3 is 2.33 bits per heavy atom. The highest BCUT2D eigenvalue weighted by atomic mass is 32.2. The molecule has 0 radical (unpaired) electrons. The number of aromatic nitrogens is 2. The van der Waals surface area contributed by atoms with Gasteiger partial charge in [-0.25, -0.2) is 14.4 Å². The maximum absolute atomic E-state index is 12.9. The van der Waals surface area contributed by atoms with Gasteiger partial charge >= 0.3 is 5.97 Å². The third kappa shape index (κ3) is 6.02. The Balaban J connectivity index is 1.88. The molecule has 8 heteroatoms. The number of ether oxygens (including phenoxy) is 1. The first-order valence-corrected chi connectivity index (χ1v) is 9.66. The van der Waals surface area contributed by atoms with Crippen LogP contribution in [0.5, 0.6) is 0 Å². The molecule has 1 aromatic carbocycles. The molecule has 27 heavy (non-hydrogen) atoms. The summed E-state index contributed by atoms with van der Waals surface area (Å²) >= 11 is 1.46. The Labute approximate surface area is 161 Å². The van der Waals surface area contributed by atoms with Crippen molar-refractivity contribution in [3.8, 4) is 0 Å². The average Bonchev–Trinajstić information content (AvgIpc) is 2.62. The van der Waals surface area contributed by atoms with Gasteiger partial charge in [0.05, 0.1) is 0 Å². The van der Waals surface area contributed by atoms with Gasteiger partial charge in [-0.05, 0) is 63.3 Å². The Hall–Kier alpha value is -2.48. The molecule has 1 atom stereocenters. The minimum atomic E-state index is -0.958. The number of carbonyl (C=O) groups excluding carboxylic acids is 2. The molecule has 0 saturated carbocycles. The Morgan fingerprint density at radius 2 is 1.78 bits per heavy atom. The van der Waals surface area contributed by atoms with Crippen molar-refractivity contribution in [1.82, 2.24) is 9.97 Å². The average molecular weight is 391 g/mol. The van der Waals surface area contributed by atoms with Crippen molar-refractivity contribution in [3.05, 3.63) is 47.0 Å². The molecule has 0 fully saturated rings. The first-order valence-electron chi connectivity index (χ1n) is 8.44. The molecule has 2 aromatic rings. The molecular weight excluding hydrogens is 369 g/mol. The van der Waals surface area contributed by atoms with Crippen LogP contribution < -0.4 is 5.32 Å². The van der Waals surface area contributed by atoms with E-state index in [1.165, 1.54) is 43.0 Å². The third-order valence-corrected chi connectivity index (χ3v) is 4.50. The van der Waals surface area contributed by atoms with Crippen LogP contribution in [0.15, 0.2) is 29.4 Å². The molecule has 1 heterocycles. The SMILES string of the molecule is CSc1nc(C)c(CCC(=O)O[C@@H](C)C(=O)Nc2ccc(F)cc2)c(C)n1. The van der Waals surface area contributed by atoms with Crippen molar-refractivity contribution in [3.63, 3.8) is 0 Å². The van der Waals surface area contributed by atoms with E-state index in [1.54, 1.807) is 0 Å². The van der Waals surface area contributed by atoms with Gasteiger partial charge in [0.2, 0.25) is 0 Å². The van der Waals surface area contributed by atoms with Crippen LogP contribution >= 0.6 is 11.8 Å². The van der Waals surface area contributed by atoms with E-state index >= 15 is 0 Å². The van der Waals surface area contributed by atoms with Gasteiger partial charge in [-0.3, -0.25) is 9.59 Å². The number of aryl methyl sites for hydroxylation is 2. The van der Waals surface area contributed by atoms with Crippen LogP contribution in [0.25, 0.3) is 0 Å². The van der Waals surface area contributed by atoms with Gasteiger partial charge in [0.15, 0.2) is 11.3 Å². The largest absolute Gasteiger partial charge is 0.453 e. The quantitative estimate of drug-likeness (QED) is 0.442. The molecule has 2 rings (SSSR count). The summed E-state index contributed by atoms with van der Waals surface area (Å²) in [4.78, 5) is 32.9. The number of hydrogen-bond acceptors (Lipinski definition) is 6. The Bertz CT molecular complexity index is 804. The number of rotatable bonds is 7. The fourth-order valence-corrected chi connectivity index (χ4v) is 2.93. The number of amides is 1. The summed E-state index contributed by atoms with van der Waals surface area (Å²) in [5.74, 6) is -1.35. The molecule has 0 spiro atoms. The fourth-order valence-electron chi connectivity index (χ4n) is 2.48. The summed E-state index contributed by atoms with van der Waals surface area (Å²) in [6, 6.07) is 5.35. The molecule has 0 bridgehead atoms. The number of anilines is 1. The predicted molar refractivity (Wildman–Crippen MR) is 102 cm³/mol. The lowest BCUT2D eigenvalue weighted by atomic mass is 10.1. The lowest BCUT2D eigenvalue weighted by Crippen LogP contribution is -2.30. The van der Waals surface area contributed by atoms with Crippen LogP contribution in [0.3, 0.4) is 0 Å². The summed E-state index contributed by atoms with van der Waals surface area (Å²) in [6.07, 6.45) is 1.51. The van der Waals surface area contributed by atoms with Crippen molar-refractivity contribution >= 4 is 29.3 Å². The molecule has 1 N–H and O–H groups in total. The lowest BCUT2D eigenvalue weighted by molar-refractivity contribution is -0.153. The minimum Gasteiger partial charge on any atom is -0.453 e. The molecule has 6 nitrogen and oxygen atoms in total. The van der Waals surface area contributed by atoms with Crippen LogP contribution in [-0.4, -0.2) is 34.2 Å². The van der Waals surface area contributed by atoms with Crippen molar-refractivity contribution in [2.75, 3.05) is 11.6 Å². The summed E-state index contributed by atoms with van der Waals surface area (Å²) in [5.41, 5.74) is 3.01. The molecule has 144 valence electrons. The number of thioether (sulfide) groups is 1. The minimum absolute atomic E-state index is 0.123. The van der Waals surface area contributed by atoms with Crippen LogP contribution in [0.4, 0.5) is 10.1 Å². The second kappa shape index (κ2) is 9.45. The van der Waals surface area contributed by atoms with E-state index in [4.69, 9.17) is 4.74 Å². The normalized spacial score (nSPS) is 11.7. The van der Waals surface area contributed by atoms with Gasteiger partial charge in [-0.15, -0.1) is 0 Å². The number of halogens is 1. The molecule has 0 aliphatic heterocycles. The van der Waals surface area contributed by atoms with Crippen molar-refractivity contribution in [2.24, 2.45) is 0 Å². The van der Waals surface area contributed by atoms with Crippen LogP contribution in [0.2, 0.25) is 0 Å². The Kier molecular flexibility index (Phi) is 7.29. The number of hydrogen-bond donors (Lipinski definition) is 1. The number of benzene rings is 1. The van der Waals surface area contributed by atoms with Gasteiger partial charge in [0.25, 0.3) is 5.91 Å². The number of carbonyl (C=O) groups is 2. The first kappa shape index (κ1) is 20.8. The third-order valence-electron chi connectivity index (χ3n) is 3.95. The highest BCUT2D eigenvalue weighted by molar-refractivity contribution is 7.98. The maximum atomic E-state index is 12.9. The number of nitrogens with one attached hydrogen (secondary N) is 1. The molecule has 1 amide bonds. The molecule has 0 aliphatic carbocycles. The van der Waals surface area contributed by atoms with Gasteiger partial charge in [0, 0.05) is 23.5 Å². The summed E-state index contributed by atoms with van der Waals surface area (Å²) < 4.78 is 18.1. The predicted octanol–water partition coefficient (Wildman–Crippen LogP) is 3.46. The van der Waals surface area contributed by atoms with Crippen LogP contribution in [0, 0.1) is 19.7 Å². The topological polar surface area (TPSA) is 81.2 Å². The van der Waals surface area contributed by atoms with Crippen molar-refractivity contribution in [1.29, 1.82) is 0 Å². The van der Waals surface area contributed by atoms with E-state index in [9.17, 15) is 14.0 Å².